The molecule has 14 heteroatoms. The summed E-state index contributed by atoms with van der Waals surface area (Å²) >= 11 is 0. The number of benzene rings is 2. The van der Waals surface area contributed by atoms with Crippen LogP contribution in [0.4, 0.5) is 5.69 Å². The van der Waals surface area contributed by atoms with E-state index >= 15 is 4.79 Å². The molecule has 11 atom stereocenters. The first-order valence-corrected chi connectivity index (χ1v) is 21.4. The molecule has 3 N–H and O–H groups in total. The van der Waals surface area contributed by atoms with Crippen LogP contribution in [0.2, 0.25) is 0 Å². The first-order chi connectivity index (χ1) is 28.7. The van der Waals surface area contributed by atoms with Crippen molar-refractivity contribution >= 4 is 34.5 Å². The Balaban J connectivity index is 1.28. The first kappa shape index (κ1) is 39.5. The van der Waals surface area contributed by atoms with Crippen LogP contribution in [0, 0.1) is 11.3 Å². The zero-order chi connectivity index (χ0) is 42.3. The third-order valence-corrected chi connectivity index (χ3v) is 16.1. The van der Waals surface area contributed by atoms with Crippen molar-refractivity contribution in [2.24, 2.45) is 18.4 Å². The van der Waals surface area contributed by atoms with Crippen LogP contribution in [0.25, 0.3) is 10.9 Å². The Hall–Kier alpha value is -4.63. The van der Waals surface area contributed by atoms with E-state index in [2.05, 4.69) is 32.7 Å². The van der Waals surface area contributed by atoms with Crippen LogP contribution in [0.15, 0.2) is 42.5 Å². The van der Waals surface area contributed by atoms with Crippen LogP contribution in [0.5, 0.6) is 11.5 Å². The number of epoxide rings is 1. The molecule has 1 aliphatic carbocycles. The number of phenolic OH excluding ortho intramolecular Hbond substituents is 1. The number of phenols is 1. The molecule has 320 valence electrons. The number of rotatable bonds is 7. The number of nitrogens with zero attached hydrogens (tertiary/aromatic N) is 3. The second-order valence-corrected chi connectivity index (χ2v) is 18.4. The van der Waals surface area contributed by atoms with Gasteiger partial charge in [-0.05, 0) is 74.0 Å². The number of esters is 3. The molecule has 3 saturated heterocycles. The lowest BCUT2D eigenvalue weighted by Crippen LogP contribution is -2.80. The second-order valence-electron chi connectivity index (χ2n) is 18.4. The maximum Gasteiger partial charge on any atom is 0.344 e. The number of piperidine rings is 1. The molecule has 60 heavy (non-hydrogen) atoms. The average molecular weight is 825 g/mol. The summed E-state index contributed by atoms with van der Waals surface area (Å²) in [6.45, 7) is 9.03. The van der Waals surface area contributed by atoms with Gasteiger partial charge in [-0.25, -0.2) is 4.79 Å². The van der Waals surface area contributed by atoms with Crippen molar-refractivity contribution in [1.29, 1.82) is 0 Å². The highest BCUT2D eigenvalue weighted by Crippen LogP contribution is 2.67. The number of hydrogen-bond donors (Lipinski definition) is 3. The highest BCUT2D eigenvalue weighted by Gasteiger charge is 2.79. The molecule has 4 fully saturated rings. The predicted octanol–water partition coefficient (Wildman–Crippen LogP) is 3.70. The molecule has 1 aromatic heterocycles. The minimum absolute atomic E-state index is 0.0534. The number of fused-ring (bicyclic) bond motifs is 8. The Kier molecular flexibility index (Phi) is 8.68. The van der Waals surface area contributed by atoms with E-state index in [1.54, 1.807) is 19.2 Å². The summed E-state index contributed by atoms with van der Waals surface area (Å²) in [5, 5.41) is 28.6. The molecule has 0 radical (unpaired) electrons. The van der Waals surface area contributed by atoms with Crippen molar-refractivity contribution in [2.45, 2.75) is 99.2 Å². The normalized spacial score (nSPS) is 38.1. The molecule has 10 rings (SSSR count). The van der Waals surface area contributed by atoms with Crippen molar-refractivity contribution in [3.63, 3.8) is 0 Å². The molecule has 2 bridgehead atoms. The summed E-state index contributed by atoms with van der Waals surface area (Å²) < 4.78 is 32.6. The van der Waals surface area contributed by atoms with Crippen LogP contribution in [0.1, 0.15) is 68.8 Å². The summed E-state index contributed by atoms with van der Waals surface area (Å²) in [6.07, 6.45) is 5.57. The van der Waals surface area contributed by atoms with Crippen LogP contribution >= 0.6 is 0 Å². The Bertz CT molecular complexity index is 2380. The smallest absolute Gasteiger partial charge is 0.344 e. The molecule has 14 nitrogen and oxygen atoms in total. The maximum atomic E-state index is 15.5. The second kappa shape index (κ2) is 13.2. The lowest BCUT2D eigenvalue weighted by Gasteiger charge is -2.62. The molecule has 6 aliphatic heterocycles. The fourth-order valence-corrected chi connectivity index (χ4v) is 13.8. The number of hydrogen-bond acceptors (Lipinski definition) is 13. The van der Waals surface area contributed by atoms with Gasteiger partial charge in [-0.15, -0.1) is 0 Å². The van der Waals surface area contributed by atoms with E-state index in [-0.39, 0.29) is 29.4 Å². The van der Waals surface area contributed by atoms with Gasteiger partial charge < -0.3 is 43.8 Å². The van der Waals surface area contributed by atoms with E-state index in [1.165, 1.54) is 21.1 Å². The van der Waals surface area contributed by atoms with Crippen molar-refractivity contribution in [1.82, 2.24) is 14.4 Å². The number of methoxy groups -OCH3 is 3. The number of carbonyl (C=O) groups excluding carboxylic acids is 3. The van der Waals surface area contributed by atoms with Gasteiger partial charge in [0, 0.05) is 96.9 Å². The molecule has 0 amide bonds. The third-order valence-electron chi connectivity index (χ3n) is 16.1. The number of aromatic hydroxyl groups is 1. The van der Waals surface area contributed by atoms with E-state index in [9.17, 15) is 19.8 Å². The van der Waals surface area contributed by atoms with E-state index in [1.807, 2.05) is 38.3 Å². The number of ether oxygens (including phenoxy) is 5. The van der Waals surface area contributed by atoms with Crippen LogP contribution in [0.3, 0.4) is 0 Å². The lowest BCUT2D eigenvalue weighted by molar-refractivity contribution is -0.226. The van der Waals surface area contributed by atoms with Gasteiger partial charge in [-0.3, -0.25) is 19.4 Å². The summed E-state index contributed by atoms with van der Waals surface area (Å²) in [5.74, 6) is -1.44. The van der Waals surface area contributed by atoms with E-state index in [4.69, 9.17) is 23.7 Å². The summed E-state index contributed by atoms with van der Waals surface area (Å²) in [5.41, 5.74) is -1.31. The van der Waals surface area contributed by atoms with Crippen molar-refractivity contribution < 1.29 is 48.3 Å². The number of nitrogens with one attached hydrogen (secondary N) is 1. The fraction of sp³-hybridized carbons (Fsp3) is 0.587. The number of aromatic nitrogens is 1. The van der Waals surface area contributed by atoms with Gasteiger partial charge in [-0.2, -0.15) is 0 Å². The minimum Gasteiger partial charge on any atom is -0.508 e. The number of aliphatic hydroxyl groups is 1. The van der Waals surface area contributed by atoms with Crippen LogP contribution in [-0.2, 0) is 57.6 Å². The topological polar surface area (TPSA) is 165 Å². The van der Waals surface area contributed by atoms with Crippen molar-refractivity contribution in [3.05, 3.63) is 64.9 Å². The quantitative estimate of drug-likeness (QED) is 0.137. The van der Waals surface area contributed by atoms with E-state index in [0.29, 0.717) is 55.8 Å². The molecule has 3 aromatic rings. The molecule has 1 saturated carbocycles. The van der Waals surface area contributed by atoms with Gasteiger partial charge in [0.1, 0.15) is 22.5 Å². The van der Waals surface area contributed by atoms with Crippen molar-refractivity contribution in [2.75, 3.05) is 59.4 Å². The Morgan fingerprint density at radius 2 is 1.80 bits per heavy atom. The molecule has 2 aromatic carbocycles. The SMILES string of the molecule is CCC12CN3CCc4c(n(C)c5ccc(O)cc45)C(C(=O)OC)(c4cc5c(cc4OC)NC4C(O)(C(=O)OC)C(OC(C)=O)C6(CC)C=CCN7CCC54C76)CC(C3)C1O2. The van der Waals surface area contributed by atoms with Gasteiger partial charge in [-0.1, -0.05) is 26.0 Å². The Labute approximate surface area is 349 Å². The van der Waals surface area contributed by atoms with Crippen LogP contribution in [-0.4, -0.2) is 132 Å². The summed E-state index contributed by atoms with van der Waals surface area (Å²) in [4.78, 5) is 47.6. The van der Waals surface area contributed by atoms with Gasteiger partial charge in [0.25, 0.3) is 0 Å². The summed E-state index contributed by atoms with van der Waals surface area (Å²) in [6, 6.07) is 8.04. The largest absolute Gasteiger partial charge is 0.508 e. The number of anilines is 1. The molecule has 11 unspecified atom stereocenters. The van der Waals surface area contributed by atoms with Gasteiger partial charge in [0.15, 0.2) is 6.10 Å². The number of aryl methyl sites for hydroxylation is 1. The van der Waals surface area contributed by atoms with Gasteiger partial charge >= 0.3 is 17.9 Å². The zero-order valence-corrected chi connectivity index (χ0v) is 35.5. The van der Waals surface area contributed by atoms with E-state index < -0.39 is 51.9 Å². The maximum absolute atomic E-state index is 15.5. The molecular weight excluding hydrogens is 769 g/mol. The third kappa shape index (κ3) is 4.76. The zero-order valence-electron chi connectivity index (χ0n) is 35.5. The molecular formula is C46H56N4O10. The molecule has 1 spiro atoms. The highest BCUT2D eigenvalue weighted by atomic mass is 16.6. The van der Waals surface area contributed by atoms with E-state index in [0.717, 1.165) is 53.8 Å². The Morgan fingerprint density at radius 1 is 1.02 bits per heavy atom. The van der Waals surface area contributed by atoms with Crippen LogP contribution < -0.4 is 10.1 Å². The summed E-state index contributed by atoms with van der Waals surface area (Å²) in [7, 11) is 6.24. The van der Waals surface area contributed by atoms with Crippen molar-refractivity contribution in [3.8, 4) is 11.5 Å². The first-order valence-electron chi connectivity index (χ1n) is 21.4. The molecule has 7 heterocycles. The van der Waals surface area contributed by atoms with Gasteiger partial charge in [0.05, 0.1) is 33.5 Å². The standard InChI is InChI=1S/C46H56N4O10/c1-8-42-14-10-16-50-18-15-44(38(42)50)30-20-31(34(56-5)21-32(30)47-37(44)46(55,41(54)58-7)39(42)59-25(3)51)45(40(53)57-6)22-26-23-49(24-43(9-2)36(26)60-43)17-13-28-29-19-27(52)11-12-33(29)48(4)35(28)45/h10-12,14,19-21,26,36-39,47,52,55H,8-9,13,15-18,22-24H2,1-7H3. The predicted molar refractivity (Wildman–Crippen MR) is 220 cm³/mol. The number of carbonyl (C=O) groups is 3. The van der Waals surface area contributed by atoms with Gasteiger partial charge in [0.2, 0.25) is 5.60 Å². The lowest BCUT2D eigenvalue weighted by atomic mass is 9.47. The monoisotopic (exact) mass is 824 g/mol. The highest BCUT2D eigenvalue weighted by molar-refractivity contribution is 5.95. The fourth-order valence-electron chi connectivity index (χ4n) is 13.8. The Morgan fingerprint density at radius 3 is 2.50 bits per heavy atom. The molecule has 7 aliphatic rings. The average Bonchev–Trinajstić information content (AvgIpc) is 3.55. The minimum atomic E-state index is -2.32.